The fraction of sp³-hybridized carbons (Fsp3) is 0.429. The lowest BCUT2D eigenvalue weighted by Gasteiger charge is -2.26. The van der Waals surface area contributed by atoms with E-state index >= 15 is 0 Å². The van der Waals surface area contributed by atoms with Crippen molar-refractivity contribution in [3.63, 3.8) is 0 Å². The van der Waals surface area contributed by atoms with Crippen molar-refractivity contribution in [3.8, 4) is 0 Å². The molecule has 1 aliphatic rings. The van der Waals surface area contributed by atoms with E-state index in [1.807, 2.05) is 6.92 Å². The molecule has 1 aromatic heterocycles. The number of aromatic nitrogens is 2. The second-order valence-electron chi connectivity index (χ2n) is 5.48. The molecule has 1 fully saturated rings. The summed E-state index contributed by atoms with van der Waals surface area (Å²) in [7, 11) is 0. The number of carboxylic acids is 1. The summed E-state index contributed by atoms with van der Waals surface area (Å²) < 4.78 is 1.65. The van der Waals surface area contributed by atoms with Crippen LogP contribution in [0, 0.1) is 0 Å². The molecular formula is C14H16N2O3. The molecule has 0 bridgehead atoms. The molecule has 0 amide bonds. The SMILES string of the molecule is CC1(n2c(=O)[nH]c3cccc(C(=O)O)c32)CCCC1. The van der Waals surface area contributed by atoms with Crippen LogP contribution < -0.4 is 5.69 Å². The van der Waals surface area contributed by atoms with Crippen molar-refractivity contribution in [2.24, 2.45) is 0 Å². The van der Waals surface area contributed by atoms with Gasteiger partial charge in [0.05, 0.1) is 16.6 Å². The maximum atomic E-state index is 12.2. The number of carboxylic acid groups (broad SMARTS) is 1. The minimum absolute atomic E-state index is 0.184. The van der Waals surface area contributed by atoms with Gasteiger partial charge in [-0.05, 0) is 31.9 Å². The van der Waals surface area contributed by atoms with Crippen molar-refractivity contribution in [1.82, 2.24) is 9.55 Å². The van der Waals surface area contributed by atoms with Crippen LogP contribution in [0.1, 0.15) is 43.0 Å². The predicted octanol–water partition coefficient (Wildman–Crippen LogP) is 2.32. The number of para-hydroxylation sites is 1. The van der Waals surface area contributed by atoms with Gasteiger partial charge in [0.15, 0.2) is 0 Å². The highest BCUT2D eigenvalue weighted by Crippen LogP contribution is 2.37. The molecule has 3 rings (SSSR count). The van der Waals surface area contributed by atoms with Gasteiger partial charge in [-0.2, -0.15) is 0 Å². The van der Waals surface area contributed by atoms with Crippen molar-refractivity contribution in [1.29, 1.82) is 0 Å². The summed E-state index contributed by atoms with van der Waals surface area (Å²) in [5.41, 5.74) is 0.806. The highest BCUT2D eigenvalue weighted by atomic mass is 16.4. The smallest absolute Gasteiger partial charge is 0.337 e. The molecule has 1 heterocycles. The van der Waals surface area contributed by atoms with E-state index < -0.39 is 5.97 Å². The number of benzene rings is 1. The summed E-state index contributed by atoms with van der Waals surface area (Å²) in [6.45, 7) is 2.04. The van der Waals surface area contributed by atoms with E-state index in [2.05, 4.69) is 4.98 Å². The van der Waals surface area contributed by atoms with Gasteiger partial charge in [0, 0.05) is 5.54 Å². The summed E-state index contributed by atoms with van der Waals surface area (Å²) in [4.78, 5) is 26.4. The lowest BCUT2D eigenvalue weighted by Crippen LogP contribution is -2.35. The first kappa shape index (κ1) is 12.0. The molecule has 0 radical (unpaired) electrons. The normalized spacial score (nSPS) is 17.9. The molecule has 100 valence electrons. The van der Waals surface area contributed by atoms with Crippen molar-refractivity contribution in [2.45, 2.75) is 38.1 Å². The van der Waals surface area contributed by atoms with Gasteiger partial charge in [0.2, 0.25) is 0 Å². The van der Waals surface area contributed by atoms with Gasteiger partial charge in [-0.1, -0.05) is 18.9 Å². The highest BCUT2D eigenvalue weighted by Gasteiger charge is 2.34. The Morgan fingerprint density at radius 2 is 2.05 bits per heavy atom. The van der Waals surface area contributed by atoms with Crippen LogP contribution >= 0.6 is 0 Å². The molecule has 2 aromatic rings. The average Bonchev–Trinajstić information content (AvgIpc) is 2.91. The standard InChI is InChI=1S/C14H16N2O3/c1-14(7-2-3-8-14)16-11-9(12(17)18)5-4-6-10(11)15-13(16)19/h4-6H,2-3,7-8H2,1H3,(H,15,19)(H,17,18). The number of imidazole rings is 1. The number of H-pyrrole nitrogens is 1. The molecular weight excluding hydrogens is 244 g/mol. The largest absolute Gasteiger partial charge is 0.478 e. The zero-order valence-electron chi connectivity index (χ0n) is 10.8. The first-order chi connectivity index (χ1) is 9.03. The van der Waals surface area contributed by atoms with E-state index in [4.69, 9.17) is 0 Å². The number of carbonyl (C=O) groups is 1. The van der Waals surface area contributed by atoms with Crippen LogP contribution in [0.15, 0.2) is 23.0 Å². The number of nitrogens with zero attached hydrogens (tertiary/aromatic N) is 1. The predicted molar refractivity (Wildman–Crippen MR) is 71.6 cm³/mol. The molecule has 1 aliphatic carbocycles. The fourth-order valence-electron chi connectivity index (χ4n) is 3.21. The van der Waals surface area contributed by atoms with Crippen molar-refractivity contribution in [2.75, 3.05) is 0 Å². The van der Waals surface area contributed by atoms with E-state index in [1.165, 1.54) is 0 Å². The van der Waals surface area contributed by atoms with Crippen LogP contribution in [0.4, 0.5) is 0 Å². The summed E-state index contributed by atoms with van der Waals surface area (Å²) in [6, 6.07) is 4.95. The number of aromatic amines is 1. The van der Waals surface area contributed by atoms with E-state index in [0.29, 0.717) is 11.0 Å². The van der Waals surface area contributed by atoms with Crippen molar-refractivity contribution in [3.05, 3.63) is 34.2 Å². The van der Waals surface area contributed by atoms with E-state index in [-0.39, 0.29) is 16.8 Å². The fourth-order valence-corrected chi connectivity index (χ4v) is 3.21. The van der Waals surface area contributed by atoms with Gasteiger partial charge < -0.3 is 10.1 Å². The Kier molecular flexibility index (Phi) is 2.52. The summed E-state index contributed by atoms with van der Waals surface area (Å²) in [5, 5.41) is 9.31. The van der Waals surface area contributed by atoms with Crippen LogP contribution in [0.25, 0.3) is 11.0 Å². The summed E-state index contributed by atoms with van der Waals surface area (Å²) in [5.74, 6) is -1.00. The van der Waals surface area contributed by atoms with Crippen LogP contribution in [0.2, 0.25) is 0 Å². The topological polar surface area (TPSA) is 75.1 Å². The maximum Gasteiger partial charge on any atom is 0.337 e. The lowest BCUT2D eigenvalue weighted by atomic mass is 9.99. The number of hydrogen-bond donors (Lipinski definition) is 2. The van der Waals surface area contributed by atoms with Crippen molar-refractivity contribution < 1.29 is 9.90 Å². The Bertz CT molecular complexity index is 705. The Hall–Kier alpha value is -2.04. The number of rotatable bonds is 2. The molecule has 5 nitrogen and oxygen atoms in total. The van der Waals surface area contributed by atoms with Gasteiger partial charge in [-0.15, -0.1) is 0 Å². The first-order valence-electron chi connectivity index (χ1n) is 6.50. The van der Waals surface area contributed by atoms with Crippen LogP contribution in [-0.2, 0) is 5.54 Å². The third-order valence-corrected chi connectivity index (χ3v) is 4.16. The van der Waals surface area contributed by atoms with Crippen molar-refractivity contribution >= 4 is 17.0 Å². The Morgan fingerprint density at radius 3 is 2.68 bits per heavy atom. The molecule has 1 aromatic carbocycles. The van der Waals surface area contributed by atoms with Crippen LogP contribution in [0.5, 0.6) is 0 Å². The lowest BCUT2D eigenvalue weighted by molar-refractivity contribution is 0.0698. The monoisotopic (exact) mass is 260 g/mol. The average molecular weight is 260 g/mol. The second kappa shape index (κ2) is 3.98. The summed E-state index contributed by atoms with van der Waals surface area (Å²) >= 11 is 0. The van der Waals surface area contributed by atoms with Gasteiger partial charge in [-0.3, -0.25) is 4.57 Å². The molecule has 0 saturated heterocycles. The zero-order chi connectivity index (χ0) is 13.6. The van der Waals surface area contributed by atoms with E-state index in [0.717, 1.165) is 25.7 Å². The molecule has 0 unspecified atom stereocenters. The third-order valence-electron chi connectivity index (χ3n) is 4.16. The third kappa shape index (κ3) is 1.69. The van der Waals surface area contributed by atoms with E-state index in [1.54, 1.807) is 22.8 Å². The molecule has 1 saturated carbocycles. The van der Waals surface area contributed by atoms with Crippen LogP contribution in [0.3, 0.4) is 0 Å². The molecule has 2 N–H and O–H groups in total. The zero-order valence-corrected chi connectivity index (χ0v) is 10.8. The number of nitrogens with one attached hydrogen (secondary N) is 1. The Labute approximate surface area is 109 Å². The Balaban J connectivity index is 2.38. The molecule has 0 spiro atoms. The summed E-state index contributed by atoms with van der Waals surface area (Å²) in [6.07, 6.45) is 3.97. The number of fused-ring (bicyclic) bond motifs is 1. The Morgan fingerprint density at radius 1 is 1.37 bits per heavy atom. The number of aromatic carboxylic acids is 1. The van der Waals surface area contributed by atoms with Gasteiger partial charge in [0.1, 0.15) is 0 Å². The van der Waals surface area contributed by atoms with Gasteiger partial charge >= 0.3 is 11.7 Å². The van der Waals surface area contributed by atoms with Gasteiger partial charge in [0.25, 0.3) is 0 Å². The molecule has 5 heteroatoms. The highest BCUT2D eigenvalue weighted by molar-refractivity contribution is 6.01. The minimum atomic E-state index is -1.00. The number of hydrogen-bond acceptors (Lipinski definition) is 2. The molecule has 0 atom stereocenters. The first-order valence-corrected chi connectivity index (χ1v) is 6.50. The quantitative estimate of drug-likeness (QED) is 0.870. The van der Waals surface area contributed by atoms with E-state index in [9.17, 15) is 14.7 Å². The molecule has 19 heavy (non-hydrogen) atoms. The van der Waals surface area contributed by atoms with Gasteiger partial charge in [-0.25, -0.2) is 9.59 Å². The van der Waals surface area contributed by atoms with Crippen LogP contribution in [-0.4, -0.2) is 20.6 Å². The minimum Gasteiger partial charge on any atom is -0.478 e. The second-order valence-corrected chi connectivity index (χ2v) is 5.48. The maximum absolute atomic E-state index is 12.2. The molecule has 0 aliphatic heterocycles.